The summed E-state index contributed by atoms with van der Waals surface area (Å²) in [4.78, 5) is 26.8. The van der Waals surface area contributed by atoms with Crippen LogP contribution < -0.4 is 5.32 Å². The number of imidazole rings is 1. The Morgan fingerprint density at radius 1 is 1.53 bits per heavy atom. The number of carboxylic acids is 1. The minimum Gasteiger partial charge on any atom is -0.480 e. The molecular formula is C12H18ClN3O3. The highest BCUT2D eigenvalue weighted by atomic mass is 35.5. The van der Waals surface area contributed by atoms with E-state index in [9.17, 15) is 9.59 Å². The third-order valence-corrected chi connectivity index (χ3v) is 3.10. The van der Waals surface area contributed by atoms with Crippen molar-refractivity contribution in [1.29, 1.82) is 0 Å². The van der Waals surface area contributed by atoms with Crippen molar-refractivity contribution < 1.29 is 14.7 Å². The molecule has 1 heterocycles. The molecule has 1 aromatic rings. The number of aryl methyl sites for hydroxylation is 1. The molecule has 1 atom stereocenters. The summed E-state index contributed by atoms with van der Waals surface area (Å²) in [5, 5.41) is 11.2. The SMILES string of the molecule is CCCCc1nc(Cl)c(C(=O)N[C@@H](C)C(=O)O)n1C. The molecule has 6 nitrogen and oxygen atoms in total. The predicted octanol–water partition coefficient (Wildman–Crippen LogP) is 1.62. The summed E-state index contributed by atoms with van der Waals surface area (Å²) >= 11 is 5.95. The second-order valence-corrected chi connectivity index (χ2v) is 4.72. The van der Waals surface area contributed by atoms with Crippen LogP contribution in [0.3, 0.4) is 0 Å². The first-order valence-electron chi connectivity index (χ1n) is 6.13. The minimum atomic E-state index is -1.10. The van der Waals surface area contributed by atoms with Crippen LogP contribution in [0, 0.1) is 0 Å². The zero-order chi connectivity index (χ0) is 14.6. The van der Waals surface area contributed by atoms with Gasteiger partial charge in [0.05, 0.1) is 0 Å². The highest BCUT2D eigenvalue weighted by Crippen LogP contribution is 2.17. The Hall–Kier alpha value is -1.56. The number of hydrogen-bond acceptors (Lipinski definition) is 3. The Balaban J connectivity index is 2.91. The monoisotopic (exact) mass is 287 g/mol. The quantitative estimate of drug-likeness (QED) is 0.833. The van der Waals surface area contributed by atoms with Crippen molar-refractivity contribution in [2.75, 3.05) is 0 Å². The molecule has 0 unspecified atom stereocenters. The molecule has 0 aliphatic carbocycles. The van der Waals surface area contributed by atoms with E-state index in [0.717, 1.165) is 25.1 Å². The third kappa shape index (κ3) is 3.70. The predicted molar refractivity (Wildman–Crippen MR) is 71.4 cm³/mol. The lowest BCUT2D eigenvalue weighted by atomic mass is 10.2. The van der Waals surface area contributed by atoms with Crippen LogP contribution in [0.5, 0.6) is 0 Å². The standard InChI is InChI=1S/C12H18ClN3O3/c1-4-5-6-8-15-10(13)9(16(8)3)11(17)14-7(2)12(18)19/h7H,4-6H2,1-3H3,(H,14,17)(H,18,19)/t7-/m0/s1. The second-order valence-electron chi connectivity index (χ2n) is 4.36. The summed E-state index contributed by atoms with van der Waals surface area (Å²) in [6.45, 7) is 3.45. The number of carboxylic acid groups (broad SMARTS) is 1. The number of nitrogens with one attached hydrogen (secondary N) is 1. The van der Waals surface area contributed by atoms with E-state index in [0.29, 0.717) is 0 Å². The zero-order valence-corrected chi connectivity index (χ0v) is 12.0. The minimum absolute atomic E-state index is 0.101. The molecule has 0 saturated heterocycles. The van der Waals surface area contributed by atoms with Crippen molar-refractivity contribution in [2.45, 2.75) is 39.2 Å². The van der Waals surface area contributed by atoms with Crippen LogP contribution in [0.25, 0.3) is 0 Å². The molecule has 0 aromatic carbocycles. The van der Waals surface area contributed by atoms with Crippen molar-refractivity contribution in [2.24, 2.45) is 7.05 Å². The van der Waals surface area contributed by atoms with Gasteiger partial charge in [-0.1, -0.05) is 24.9 Å². The van der Waals surface area contributed by atoms with Crippen LogP contribution in [0.1, 0.15) is 43.0 Å². The number of carbonyl (C=O) groups is 2. The summed E-state index contributed by atoms with van der Waals surface area (Å²) in [5.41, 5.74) is 0.195. The van der Waals surface area contributed by atoms with Gasteiger partial charge in [0.1, 0.15) is 17.6 Å². The van der Waals surface area contributed by atoms with Crippen LogP contribution in [-0.2, 0) is 18.3 Å². The van der Waals surface area contributed by atoms with Crippen molar-refractivity contribution in [3.63, 3.8) is 0 Å². The molecule has 1 aromatic heterocycles. The Labute approximate surface area is 116 Å². The number of nitrogens with zero attached hydrogens (tertiary/aromatic N) is 2. The maximum atomic E-state index is 12.0. The summed E-state index contributed by atoms with van der Waals surface area (Å²) in [5.74, 6) is -0.907. The average Bonchev–Trinajstić information content (AvgIpc) is 2.61. The van der Waals surface area contributed by atoms with Gasteiger partial charge in [-0.25, -0.2) is 4.98 Å². The van der Waals surface area contributed by atoms with Gasteiger partial charge < -0.3 is 15.0 Å². The number of aliphatic carboxylic acids is 1. The smallest absolute Gasteiger partial charge is 0.325 e. The van der Waals surface area contributed by atoms with Gasteiger partial charge in [-0.3, -0.25) is 9.59 Å². The largest absolute Gasteiger partial charge is 0.480 e. The van der Waals surface area contributed by atoms with Crippen molar-refractivity contribution in [3.8, 4) is 0 Å². The molecule has 0 saturated carbocycles. The number of halogens is 1. The Bertz CT molecular complexity index is 485. The van der Waals surface area contributed by atoms with Crippen molar-refractivity contribution >= 4 is 23.5 Å². The lowest BCUT2D eigenvalue weighted by Crippen LogP contribution is -2.39. The molecule has 0 spiro atoms. The average molecular weight is 288 g/mol. The molecule has 0 bridgehead atoms. The first-order chi connectivity index (χ1) is 8.88. The highest BCUT2D eigenvalue weighted by molar-refractivity contribution is 6.32. The topological polar surface area (TPSA) is 84.2 Å². The van der Waals surface area contributed by atoms with Gasteiger partial charge in [0.15, 0.2) is 5.15 Å². The first kappa shape index (κ1) is 15.5. The molecule has 0 fully saturated rings. The van der Waals surface area contributed by atoms with E-state index < -0.39 is 17.9 Å². The van der Waals surface area contributed by atoms with Crippen LogP contribution in [0.2, 0.25) is 5.15 Å². The highest BCUT2D eigenvalue weighted by Gasteiger charge is 2.22. The maximum absolute atomic E-state index is 12.0. The molecule has 106 valence electrons. The van der Waals surface area contributed by atoms with Gasteiger partial charge in [0.25, 0.3) is 5.91 Å². The fourth-order valence-corrected chi connectivity index (χ4v) is 1.95. The molecule has 1 amide bonds. The van der Waals surface area contributed by atoms with E-state index in [4.69, 9.17) is 16.7 Å². The van der Waals surface area contributed by atoms with E-state index in [1.807, 2.05) is 0 Å². The number of rotatable bonds is 6. The molecule has 1 rings (SSSR count). The Morgan fingerprint density at radius 3 is 2.68 bits per heavy atom. The number of unbranched alkanes of at least 4 members (excludes halogenated alkanes) is 1. The lowest BCUT2D eigenvalue weighted by Gasteiger charge is -2.10. The summed E-state index contributed by atoms with van der Waals surface area (Å²) < 4.78 is 1.61. The number of aromatic nitrogens is 2. The fourth-order valence-electron chi connectivity index (χ4n) is 1.64. The van der Waals surface area contributed by atoms with E-state index in [-0.39, 0.29) is 10.8 Å². The molecule has 19 heavy (non-hydrogen) atoms. The molecular weight excluding hydrogens is 270 g/mol. The van der Waals surface area contributed by atoms with Crippen LogP contribution >= 0.6 is 11.6 Å². The normalized spacial score (nSPS) is 12.2. The third-order valence-electron chi connectivity index (χ3n) is 2.83. The fraction of sp³-hybridized carbons (Fsp3) is 0.583. The van der Waals surface area contributed by atoms with E-state index in [1.165, 1.54) is 6.92 Å². The molecule has 7 heteroatoms. The zero-order valence-electron chi connectivity index (χ0n) is 11.2. The van der Waals surface area contributed by atoms with Crippen LogP contribution in [0.15, 0.2) is 0 Å². The Morgan fingerprint density at radius 2 is 2.16 bits per heavy atom. The van der Waals surface area contributed by atoms with Gasteiger partial charge in [-0.05, 0) is 13.3 Å². The van der Waals surface area contributed by atoms with E-state index in [2.05, 4.69) is 17.2 Å². The van der Waals surface area contributed by atoms with Gasteiger partial charge >= 0.3 is 5.97 Å². The number of amides is 1. The van der Waals surface area contributed by atoms with Crippen LogP contribution in [-0.4, -0.2) is 32.6 Å². The van der Waals surface area contributed by atoms with Crippen LogP contribution in [0.4, 0.5) is 0 Å². The maximum Gasteiger partial charge on any atom is 0.325 e. The number of carbonyl (C=O) groups excluding carboxylic acids is 1. The van der Waals surface area contributed by atoms with Crippen molar-refractivity contribution in [1.82, 2.24) is 14.9 Å². The summed E-state index contributed by atoms with van der Waals surface area (Å²) in [6.07, 6.45) is 2.70. The summed E-state index contributed by atoms with van der Waals surface area (Å²) in [6, 6.07) is -0.974. The second kappa shape index (κ2) is 6.56. The van der Waals surface area contributed by atoms with Gasteiger partial charge in [0, 0.05) is 13.5 Å². The molecule has 0 aliphatic rings. The Kier molecular flexibility index (Phi) is 5.35. The first-order valence-corrected chi connectivity index (χ1v) is 6.51. The lowest BCUT2D eigenvalue weighted by molar-refractivity contribution is -0.138. The molecule has 2 N–H and O–H groups in total. The van der Waals surface area contributed by atoms with Gasteiger partial charge in [0.2, 0.25) is 0 Å². The molecule has 0 aliphatic heterocycles. The molecule has 0 radical (unpaired) electrons. The van der Waals surface area contributed by atoms with E-state index >= 15 is 0 Å². The van der Waals surface area contributed by atoms with Gasteiger partial charge in [-0.15, -0.1) is 0 Å². The van der Waals surface area contributed by atoms with E-state index in [1.54, 1.807) is 11.6 Å². The number of hydrogen-bond donors (Lipinski definition) is 2. The van der Waals surface area contributed by atoms with Crippen molar-refractivity contribution in [3.05, 3.63) is 16.7 Å². The summed E-state index contributed by atoms with van der Waals surface area (Å²) in [7, 11) is 1.70. The van der Waals surface area contributed by atoms with Gasteiger partial charge in [-0.2, -0.15) is 0 Å².